The van der Waals surface area contributed by atoms with E-state index in [2.05, 4.69) is 0 Å². The van der Waals surface area contributed by atoms with Crippen LogP contribution >= 0.6 is 11.8 Å². The van der Waals surface area contributed by atoms with E-state index in [1.807, 2.05) is 0 Å². The normalized spacial score (nSPS) is 23.4. The lowest BCUT2D eigenvalue weighted by Gasteiger charge is -2.29. The molecule has 0 aromatic carbocycles. The minimum atomic E-state index is -3.15. The van der Waals surface area contributed by atoms with Crippen molar-refractivity contribution in [1.29, 1.82) is 0 Å². The molecule has 9 heteroatoms. The number of hydrogen-bond donors (Lipinski definition) is 1. The van der Waals surface area contributed by atoms with Gasteiger partial charge in [0, 0.05) is 25.6 Å². The summed E-state index contributed by atoms with van der Waals surface area (Å²) < 4.78 is 22.1. The molecule has 110 valence electrons. The Kier molecular flexibility index (Phi) is 5.08. The molecule has 1 rings (SSSR count). The van der Waals surface area contributed by atoms with Crippen LogP contribution in [-0.2, 0) is 14.6 Å². The molecule has 0 spiro atoms. The van der Waals surface area contributed by atoms with Gasteiger partial charge >= 0.3 is 12.0 Å². The van der Waals surface area contributed by atoms with E-state index >= 15 is 0 Å². The van der Waals surface area contributed by atoms with Gasteiger partial charge in [-0.3, -0.25) is 4.90 Å². The molecule has 2 unspecified atom stereocenters. The van der Waals surface area contributed by atoms with Crippen LogP contribution in [-0.4, -0.2) is 78.1 Å². The van der Waals surface area contributed by atoms with Gasteiger partial charge in [0.05, 0.1) is 11.1 Å². The molecule has 1 aliphatic heterocycles. The van der Waals surface area contributed by atoms with Crippen LogP contribution in [0.2, 0.25) is 0 Å². The molecular formula is C10H18N2O5S2. The van der Waals surface area contributed by atoms with E-state index in [1.165, 1.54) is 28.6 Å². The highest BCUT2D eigenvalue weighted by Gasteiger charge is 2.40. The zero-order valence-corrected chi connectivity index (χ0v) is 12.7. The van der Waals surface area contributed by atoms with Gasteiger partial charge in [0.1, 0.15) is 15.9 Å². The first-order valence-corrected chi connectivity index (χ1v) is 8.80. The van der Waals surface area contributed by atoms with Crippen LogP contribution < -0.4 is 0 Å². The van der Waals surface area contributed by atoms with E-state index in [-0.39, 0.29) is 17.7 Å². The SMILES string of the molecule is CC1SCC(C(=O)O)N1C(=O)N(C)CCS(C)(=O)=O. The Morgan fingerprint density at radius 2 is 2.05 bits per heavy atom. The first-order chi connectivity index (χ1) is 8.63. The Balaban J connectivity index is 2.72. The molecular weight excluding hydrogens is 292 g/mol. The maximum atomic E-state index is 12.2. The van der Waals surface area contributed by atoms with Crippen molar-refractivity contribution in [1.82, 2.24) is 9.80 Å². The minimum absolute atomic E-state index is 0.0535. The highest BCUT2D eigenvalue weighted by molar-refractivity contribution is 8.00. The van der Waals surface area contributed by atoms with Crippen molar-refractivity contribution in [2.45, 2.75) is 18.3 Å². The van der Waals surface area contributed by atoms with Crippen molar-refractivity contribution in [3.05, 3.63) is 0 Å². The number of carbonyl (C=O) groups is 2. The molecule has 7 nitrogen and oxygen atoms in total. The summed E-state index contributed by atoms with van der Waals surface area (Å²) in [6.45, 7) is 1.81. The second kappa shape index (κ2) is 6.00. The van der Waals surface area contributed by atoms with Gasteiger partial charge in [-0.2, -0.15) is 0 Å². The van der Waals surface area contributed by atoms with E-state index in [0.717, 1.165) is 6.26 Å². The summed E-state index contributed by atoms with van der Waals surface area (Å²) in [5.41, 5.74) is 0. The van der Waals surface area contributed by atoms with Crippen molar-refractivity contribution >= 4 is 33.6 Å². The lowest BCUT2D eigenvalue weighted by molar-refractivity contribution is -0.141. The number of amides is 2. The number of carboxylic acid groups (broad SMARTS) is 1. The molecule has 2 atom stereocenters. The first kappa shape index (κ1) is 16.1. The Morgan fingerprint density at radius 1 is 1.47 bits per heavy atom. The highest BCUT2D eigenvalue weighted by Crippen LogP contribution is 2.29. The van der Waals surface area contributed by atoms with E-state index < -0.39 is 27.9 Å². The third kappa shape index (κ3) is 4.27. The number of aliphatic carboxylic acids is 1. The summed E-state index contributed by atoms with van der Waals surface area (Å²) in [6.07, 6.45) is 1.10. The number of thioether (sulfide) groups is 1. The molecule has 0 aromatic heterocycles. The van der Waals surface area contributed by atoms with Gasteiger partial charge < -0.3 is 10.0 Å². The Bertz CT molecular complexity index is 465. The average molecular weight is 310 g/mol. The van der Waals surface area contributed by atoms with E-state index in [9.17, 15) is 18.0 Å². The molecule has 1 N–H and O–H groups in total. The largest absolute Gasteiger partial charge is 0.480 e. The predicted octanol–water partition coefficient (Wildman–Crippen LogP) is -0.0692. The van der Waals surface area contributed by atoms with Crippen molar-refractivity contribution in [2.75, 3.05) is 31.4 Å². The summed E-state index contributed by atoms with van der Waals surface area (Å²) in [6, 6.07) is -1.30. The lowest BCUT2D eigenvalue weighted by Crippen LogP contribution is -2.50. The number of sulfone groups is 1. The molecule has 1 heterocycles. The van der Waals surface area contributed by atoms with Crippen molar-refractivity contribution in [3.63, 3.8) is 0 Å². The molecule has 1 aliphatic rings. The van der Waals surface area contributed by atoms with Crippen molar-refractivity contribution < 1.29 is 23.1 Å². The van der Waals surface area contributed by atoms with Gasteiger partial charge in [0.15, 0.2) is 0 Å². The van der Waals surface area contributed by atoms with Crippen LogP contribution in [0.15, 0.2) is 0 Å². The third-order valence-corrected chi connectivity index (χ3v) is 4.99. The standard InChI is InChI=1S/C10H18N2O5S2/c1-7-12(8(6-18-7)9(13)14)10(15)11(2)4-5-19(3,16)17/h7-8H,4-6H2,1-3H3,(H,13,14). The van der Waals surface area contributed by atoms with Gasteiger partial charge in [0.2, 0.25) is 0 Å². The molecule has 0 bridgehead atoms. The first-order valence-electron chi connectivity index (χ1n) is 5.69. The topological polar surface area (TPSA) is 95.0 Å². The smallest absolute Gasteiger partial charge is 0.327 e. The number of carbonyl (C=O) groups excluding carboxylic acids is 1. The Hall–Kier alpha value is -0.960. The van der Waals surface area contributed by atoms with Crippen LogP contribution in [0.3, 0.4) is 0 Å². The number of hydrogen-bond acceptors (Lipinski definition) is 5. The average Bonchev–Trinajstić information content (AvgIpc) is 2.66. The minimum Gasteiger partial charge on any atom is -0.480 e. The van der Waals surface area contributed by atoms with Gasteiger partial charge in [0.25, 0.3) is 0 Å². The maximum Gasteiger partial charge on any atom is 0.327 e. The van der Waals surface area contributed by atoms with E-state index in [4.69, 9.17) is 5.11 Å². The fraction of sp³-hybridized carbons (Fsp3) is 0.800. The van der Waals surface area contributed by atoms with Gasteiger partial charge in [-0.1, -0.05) is 0 Å². The van der Waals surface area contributed by atoms with Gasteiger partial charge in [-0.15, -0.1) is 11.8 Å². The summed E-state index contributed by atoms with van der Waals surface area (Å²) in [7, 11) is -1.68. The molecule has 1 fully saturated rings. The predicted molar refractivity (Wildman–Crippen MR) is 72.9 cm³/mol. The number of carboxylic acids is 1. The third-order valence-electron chi connectivity index (χ3n) is 2.85. The second-order valence-electron chi connectivity index (χ2n) is 4.53. The van der Waals surface area contributed by atoms with Gasteiger partial charge in [-0.05, 0) is 6.92 Å². The quantitative estimate of drug-likeness (QED) is 0.781. The zero-order chi connectivity index (χ0) is 14.8. The van der Waals surface area contributed by atoms with Crippen molar-refractivity contribution in [2.24, 2.45) is 0 Å². The zero-order valence-electron chi connectivity index (χ0n) is 11.1. The molecule has 1 saturated heterocycles. The Labute approximate surface area is 116 Å². The highest BCUT2D eigenvalue weighted by atomic mass is 32.2. The summed E-state index contributed by atoms with van der Waals surface area (Å²) in [5, 5.41) is 8.84. The summed E-state index contributed by atoms with van der Waals surface area (Å²) in [4.78, 5) is 25.8. The number of nitrogens with zero attached hydrogens (tertiary/aromatic N) is 2. The van der Waals surface area contributed by atoms with Gasteiger partial charge in [-0.25, -0.2) is 18.0 Å². The lowest BCUT2D eigenvalue weighted by atomic mass is 10.3. The summed E-state index contributed by atoms with van der Waals surface area (Å²) >= 11 is 1.39. The molecule has 0 aromatic rings. The molecule has 2 amide bonds. The van der Waals surface area contributed by atoms with Crippen molar-refractivity contribution in [3.8, 4) is 0 Å². The molecule has 19 heavy (non-hydrogen) atoms. The molecule has 0 radical (unpaired) electrons. The fourth-order valence-electron chi connectivity index (χ4n) is 1.72. The molecule has 0 aliphatic carbocycles. The number of rotatable bonds is 4. The van der Waals surface area contributed by atoms with Crippen LogP contribution in [0.4, 0.5) is 4.79 Å². The number of urea groups is 1. The van der Waals surface area contributed by atoms with E-state index in [0.29, 0.717) is 5.75 Å². The van der Waals surface area contributed by atoms with Crippen LogP contribution in [0, 0.1) is 0 Å². The van der Waals surface area contributed by atoms with E-state index in [1.54, 1.807) is 6.92 Å². The van der Waals surface area contributed by atoms with Crippen LogP contribution in [0.1, 0.15) is 6.92 Å². The Morgan fingerprint density at radius 3 is 2.53 bits per heavy atom. The fourth-order valence-corrected chi connectivity index (χ4v) is 3.49. The monoisotopic (exact) mass is 310 g/mol. The molecule has 0 saturated carbocycles. The van der Waals surface area contributed by atoms with Crippen LogP contribution in [0.25, 0.3) is 0 Å². The second-order valence-corrected chi connectivity index (χ2v) is 8.14. The van der Waals surface area contributed by atoms with Crippen LogP contribution in [0.5, 0.6) is 0 Å². The maximum absolute atomic E-state index is 12.2. The summed E-state index contributed by atoms with van der Waals surface area (Å²) in [5.74, 6) is -0.827.